The Bertz CT molecular complexity index is 475. The van der Waals surface area contributed by atoms with Gasteiger partial charge in [0.05, 0.1) is 25.9 Å². The van der Waals surface area contributed by atoms with E-state index in [-0.39, 0.29) is 22.9 Å². The minimum absolute atomic E-state index is 0.129. The van der Waals surface area contributed by atoms with Gasteiger partial charge in [0.15, 0.2) is 0 Å². The summed E-state index contributed by atoms with van der Waals surface area (Å²) in [7, 11) is 1.09. The van der Waals surface area contributed by atoms with Gasteiger partial charge in [-0.25, -0.2) is 0 Å². The monoisotopic (exact) mass is 266 g/mol. The number of methoxy groups -OCH3 is 2. The fraction of sp³-hybridized carbons (Fsp3) is 0.200. The molecule has 19 heavy (non-hydrogen) atoms. The quantitative estimate of drug-likeness (QED) is 0.210. The first-order valence-corrected chi connectivity index (χ1v) is 5.23. The summed E-state index contributed by atoms with van der Waals surface area (Å²) in [6, 6.07) is 3.09. The second kappa shape index (κ2) is 6.62. The number of nitrogens with zero attached hydrogens (tertiary/aromatic N) is 2. The molecule has 6 N–H and O–H groups in total. The molecule has 0 radical (unpaired) electrons. The maximum Gasteiger partial charge on any atom is 0.496 e. The van der Waals surface area contributed by atoms with Crippen LogP contribution in [0.2, 0.25) is 0 Å². The molecule has 0 fully saturated rings. The third-order valence-electron chi connectivity index (χ3n) is 2.20. The highest BCUT2D eigenvalue weighted by Crippen LogP contribution is 2.19. The average Bonchev–Trinajstić information content (AvgIpc) is 2.36. The largest absolute Gasteiger partial charge is 0.497 e. The third-order valence-corrected chi connectivity index (χ3v) is 2.20. The van der Waals surface area contributed by atoms with Crippen LogP contribution in [-0.4, -0.2) is 43.6 Å². The lowest BCUT2D eigenvalue weighted by Gasteiger charge is -2.13. The minimum Gasteiger partial charge on any atom is -0.497 e. The lowest BCUT2D eigenvalue weighted by Crippen LogP contribution is -2.32. The second-order valence-electron chi connectivity index (χ2n) is 3.48. The van der Waals surface area contributed by atoms with Crippen molar-refractivity contribution in [1.29, 1.82) is 0 Å². The Hall–Kier alpha value is -2.26. The summed E-state index contributed by atoms with van der Waals surface area (Å²) in [5.74, 6) is 0.332. The number of rotatable bonds is 5. The maximum atomic E-state index is 9.29. The normalized spacial score (nSPS) is 10.3. The van der Waals surface area contributed by atoms with E-state index in [9.17, 15) is 10.0 Å². The molecule has 8 nitrogen and oxygen atoms in total. The molecule has 1 rings (SSSR count). The Balaban J connectivity index is 3.23. The van der Waals surface area contributed by atoms with E-state index >= 15 is 0 Å². The predicted molar refractivity (Wildman–Crippen MR) is 72.8 cm³/mol. The van der Waals surface area contributed by atoms with E-state index in [4.69, 9.17) is 20.9 Å². The van der Waals surface area contributed by atoms with Crippen molar-refractivity contribution in [3.63, 3.8) is 0 Å². The zero-order valence-electron chi connectivity index (χ0n) is 10.6. The molecule has 1 aromatic carbocycles. The van der Waals surface area contributed by atoms with Crippen molar-refractivity contribution in [2.24, 2.45) is 21.7 Å². The fourth-order valence-electron chi connectivity index (χ4n) is 1.45. The summed E-state index contributed by atoms with van der Waals surface area (Å²) in [5, 5.41) is 25.7. The van der Waals surface area contributed by atoms with E-state index in [0.29, 0.717) is 5.56 Å². The van der Waals surface area contributed by atoms with Gasteiger partial charge in [0.1, 0.15) is 11.5 Å². The van der Waals surface area contributed by atoms with E-state index in [2.05, 4.69) is 10.2 Å². The van der Waals surface area contributed by atoms with Gasteiger partial charge < -0.3 is 31.0 Å². The lowest BCUT2D eigenvalue weighted by atomic mass is 9.78. The molecule has 0 unspecified atom stereocenters. The van der Waals surface area contributed by atoms with Gasteiger partial charge in [-0.15, -0.1) is 5.10 Å². The molecular weight excluding hydrogens is 251 g/mol. The smallest absolute Gasteiger partial charge is 0.496 e. The second-order valence-corrected chi connectivity index (χ2v) is 3.48. The Morgan fingerprint density at radius 3 is 2.11 bits per heavy atom. The van der Waals surface area contributed by atoms with Crippen molar-refractivity contribution in [1.82, 2.24) is 0 Å². The van der Waals surface area contributed by atoms with Gasteiger partial charge in [0.2, 0.25) is 5.96 Å². The van der Waals surface area contributed by atoms with Crippen LogP contribution in [0, 0.1) is 0 Å². The molecule has 0 aliphatic rings. The summed E-state index contributed by atoms with van der Waals surface area (Å²) in [6.45, 7) is 0. The fourth-order valence-corrected chi connectivity index (χ4v) is 1.45. The van der Waals surface area contributed by atoms with Crippen molar-refractivity contribution >= 4 is 24.8 Å². The third kappa shape index (κ3) is 3.86. The Morgan fingerprint density at radius 1 is 1.21 bits per heavy atom. The SMILES string of the molecule is COc1cc(C=NN=C(N)N)cc(OC)c1B(O)O. The van der Waals surface area contributed by atoms with Gasteiger partial charge >= 0.3 is 7.12 Å². The van der Waals surface area contributed by atoms with Crippen molar-refractivity contribution in [3.8, 4) is 11.5 Å². The molecule has 9 heteroatoms. The van der Waals surface area contributed by atoms with Crippen LogP contribution in [0.3, 0.4) is 0 Å². The van der Waals surface area contributed by atoms with Gasteiger partial charge in [-0.3, -0.25) is 0 Å². The highest BCUT2D eigenvalue weighted by molar-refractivity contribution is 6.61. The summed E-state index contributed by atoms with van der Waals surface area (Å²) in [5.41, 5.74) is 11.0. The topological polar surface area (TPSA) is 136 Å². The standard InChI is InChI=1S/C10H15BN4O4/c1-18-7-3-6(5-14-15-10(12)13)4-8(19-2)9(7)11(16)17/h3-5,16-17H,1-2H3,(H4,12,13,15). The molecular formula is C10H15BN4O4. The highest BCUT2D eigenvalue weighted by Gasteiger charge is 2.23. The van der Waals surface area contributed by atoms with E-state index in [0.717, 1.165) is 0 Å². The lowest BCUT2D eigenvalue weighted by molar-refractivity contribution is 0.385. The molecule has 0 saturated carbocycles. The summed E-state index contributed by atoms with van der Waals surface area (Å²) < 4.78 is 10.1. The zero-order valence-corrected chi connectivity index (χ0v) is 10.6. The van der Waals surface area contributed by atoms with Crippen molar-refractivity contribution < 1.29 is 19.5 Å². The number of nitrogens with two attached hydrogens (primary N) is 2. The van der Waals surface area contributed by atoms with Gasteiger partial charge in [0.25, 0.3) is 0 Å². The summed E-state index contributed by atoms with van der Waals surface area (Å²) in [6.07, 6.45) is 1.37. The maximum absolute atomic E-state index is 9.29. The Kier molecular flexibility index (Phi) is 5.16. The number of benzene rings is 1. The van der Waals surface area contributed by atoms with Crippen LogP contribution in [0.15, 0.2) is 22.3 Å². The molecule has 102 valence electrons. The number of ether oxygens (including phenoxy) is 2. The van der Waals surface area contributed by atoms with Crippen LogP contribution >= 0.6 is 0 Å². The molecule has 0 saturated heterocycles. The molecule has 0 heterocycles. The minimum atomic E-state index is -1.71. The van der Waals surface area contributed by atoms with Crippen molar-refractivity contribution in [2.75, 3.05) is 14.2 Å². The van der Waals surface area contributed by atoms with Crippen LogP contribution < -0.4 is 26.4 Å². The number of hydrogen-bond acceptors (Lipinski definition) is 6. The first kappa shape index (κ1) is 14.8. The van der Waals surface area contributed by atoms with E-state index < -0.39 is 7.12 Å². The average molecular weight is 266 g/mol. The van der Waals surface area contributed by atoms with Crippen molar-refractivity contribution in [2.45, 2.75) is 0 Å². The molecule has 0 atom stereocenters. The zero-order chi connectivity index (χ0) is 14.4. The van der Waals surface area contributed by atoms with Crippen LogP contribution in [0.1, 0.15) is 5.56 Å². The van der Waals surface area contributed by atoms with Crippen LogP contribution in [0.4, 0.5) is 0 Å². The molecule has 0 bridgehead atoms. The molecule has 1 aromatic rings. The predicted octanol–water partition coefficient (Wildman–Crippen LogP) is -2.01. The van der Waals surface area contributed by atoms with Crippen LogP contribution in [-0.2, 0) is 0 Å². The molecule has 0 aromatic heterocycles. The summed E-state index contributed by atoms with van der Waals surface area (Å²) in [4.78, 5) is 0. The molecule has 0 aliphatic heterocycles. The van der Waals surface area contributed by atoms with Crippen LogP contribution in [0.25, 0.3) is 0 Å². The van der Waals surface area contributed by atoms with Gasteiger partial charge in [0, 0.05) is 5.56 Å². The molecule has 0 spiro atoms. The summed E-state index contributed by atoms with van der Waals surface area (Å²) >= 11 is 0. The van der Waals surface area contributed by atoms with Gasteiger partial charge in [-0.2, -0.15) is 5.10 Å². The van der Waals surface area contributed by atoms with Crippen molar-refractivity contribution in [3.05, 3.63) is 17.7 Å². The van der Waals surface area contributed by atoms with E-state index in [1.165, 1.54) is 20.4 Å². The number of hydrogen-bond donors (Lipinski definition) is 4. The van der Waals surface area contributed by atoms with Gasteiger partial charge in [-0.05, 0) is 12.1 Å². The molecule has 0 aliphatic carbocycles. The highest BCUT2D eigenvalue weighted by atomic mass is 16.5. The van der Waals surface area contributed by atoms with E-state index in [1.54, 1.807) is 12.1 Å². The van der Waals surface area contributed by atoms with Gasteiger partial charge in [-0.1, -0.05) is 0 Å². The first-order chi connectivity index (χ1) is 8.99. The Labute approximate surface area is 110 Å². The molecule has 0 amide bonds. The Morgan fingerprint density at radius 2 is 1.74 bits per heavy atom. The first-order valence-electron chi connectivity index (χ1n) is 5.23. The van der Waals surface area contributed by atoms with E-state index in [1.807, 2.05) is 0 Å². The number of guanidine groups is 1. The van der Waals surface area contributed by atoms with Crippen LogP contribution in [0.5, 0.6) is 11.5 Å².